The number of methoxy groups -OCH3 is 1. The van der Waals surface area contributed by atoms with Crippen LogP contribution >= 0.6 is 15.9 Å². The standard InChI is InChI=1S/C10H11BrO.C2H6/c1-3-4-8-7-9(12-2)5-6-10(8)11;1-2/h3-7H,1-2H3;1-2H3/b4-3-;. The summed E-state index contributed by atoms with van der Waals surface area (Å²) in [6.45, 7) is 5.99. The Hall–Kier alpha value is -0.760. The first kappa shape index (κ1) is 13.2. The maximum atomic E-state index is 5.10. The summed E-state index contributed by atoms with van der Waals surface area (Å²) in [6.07, 6.45) is 4.03. The van der Waals surface area contributed by atoms with Crippen molar-refractivity contribution in [2.75, 3.05) is 7.11 Å². The number of hydrogen-bond acceptors (Lipinski definition) is 1. The van der Waals surface area contributed by atoms with Crippen LogP contribution in [0.2, 0.25) is 0 Å². The lowest BCUT2D eigenvalue weighted by Crippen LogP contribution is -1.83. The third kappa shape index (κ3) is 3.97. The van der Waals surface area contributed by atoms with Crippen LogP contribution in [0.4, 0.5) is 0 Å². The molecule has 2 heteroatoms. The molecule has 0 N–H and O–H groups in total. The van der Waals surface area contributed by atoms with E-state index in [1.54, 1.807) is 7.11 Å². The van der Waals surface area contributed by atoms with Gasteiger partial charge in [0.05, 0.1) is 7.11 Å². The van der Waals surface area contributed by atoms with Gasteiger partial charge in [-0.2, -0.15) is 0 Å². The number of benzene rings is 1. The minimum absolute atomic E-state index is 0.881. The van der Waals surface area contributed by atoms with Crippen molar-refractivity contribution < 1.29 is 4.74 Å². The van der Waals surface area contributed by atoms with Crippen molar-refractivity contribution in [2.45, 2.75) is 20.8 Å². The third-order valence-electron chi connectivity index (χ3n) is 1.55. The van der Waals surface area contributed by atoms with Gasteiger partial charge in [0, 0.05) is 4.47 Å². The Morgan fingerprint density at radius 2 is 1.93 bits per heavy atom. The van der Waals surface area contributed by atoms with Crippen molar-refractivity contribution in [1.29, 1.82) is 0 Å². The highest BCUT2D eigenvalue weighted by Crippen LogP contribution is 2.23. The Morgan fingerprint density at radius 3 is 2.43 bits per heavy atom. The van der Waals surface area contributed by atoms with Crippen LogP contribution < -0.4 is 4.74 Å². The summed E-state index contributed by atoms with van der Waals surface area (Å²) in [5.41, 5.74) is 1.14. The average molecular weight is 257 g/mol. The molecule has 0 fully saturated rings. The van der Waals surface area contributed by atoms with Crippen LogP contribution in [0, 0.1) is 0 Å². The van der Waals surface area contributed by atoms with Gasteiger partial charge in [-0.15, -0.1) is 0 Å². The molecule has 0 saturated carbocycles. The van der Waals surface area contributed by atoms with Crippen LogP contribution in [-0.4, -0.2) is 7.11 Å². The Morgan fingerprint density at radius 1 is 1.29 bits per heavy atom. The van der Waals surface area contributed by atoms with Gasteiger partial charge in [0.15, 0.2) is 0 Å². The SMILES string of the molecule is C/C=C\c1cc(OC)ccc1Br.CC. The maximum Gasteiger partial charge on any atom is 0.119 e. The first-order chi connectivity index (χ1) is 6.77. The molecule has 1 rings (SSSR count). The lowest BCUT2D eigenvalue weighted by Gasteiger charge is -2.02. The number of ether oxygens (including phenoxy) is 1. The molecule has 0 radical (unpaired) electrons. The van der Waals surface area contributed by atoms with Crippen LogP contribution in [0.1, 0.15) is 26.3 Å². The minimum Gasteiger partial charge on any atom is -0.497 e. The van der Waals surface area contributed by atoms with E-state index in [9.17, 15) is 0 Å². The van der Waals surface area contributed by atoms with Crippen LogP contribution in [0.15, 0.2) is 28.7 Å². The van der Waals surface area contributed by atoms with Crippen LogP contribution in [0.5, 0.6) is 5.75 Å². The van der Waals surface area contributed by atoms with Crippen molar-refractivity contribution in [3.63, 3.8) is 0 Å². The van der Waals surface area contributed by atoms with Crippen LogP contribution in [-0.2, 0) is 0 Å². The van der Waals surface area contributed by atoms with E-state index in [1.807, 2.05) is 51.1 Å². The van der Waals surface area contributed by atoms with Gasteiger partial charge in [0.1, 0.15) is 5.75 Å². The highest BCUT2D eigenvalue weighted by molar-refractivity contribution is 9.10. The van der Waals surface area contributed by atoms with Gasteiger partial charge in [-0.25, -0.2) is 0 Å². The topological polar surface area (TPSA) is 9.23 Å². The Bertz CT molecular complexity index is 292. The molecule has 0 aliphatic rings. The highest BCUT2D eigenvalue weighted by atomic mass is 79.9. The number of allylic oxidation sites excluding steroid dienone is 1. The van der Waals surface area contributed by atoms with E-state index in [0.29, 0.717) is 0 Å². The smallest absolute Gasteiger partial charge is 0.119 e. The summed E-state index contributed by atoms with van der Waals surface area (Å²) in [5, 5.41) is 0. The molecular weight excluding hydrogens is 240 g/mol. The number of halogens is 1. The fourth-order valence-electron chi connectivity index (χ4n) is 0.956. The maximum absolute atomic E-state index is 5.10. The van der Waals surface area contributed by atoms with Gasteiger partial charge in [0.2, 0.25) is 0 Å². The van der Waals surface area contributed by atoms with Crippen molar-refractivity contribution in [2.24, 2.45) is 0 Å². The molecule has 14 heavy (non-hydrogen) atoms. The van der Waals surface area contributed by atoms with Gasteiger partial charge in [-0.1, -0.05) is 41.9 Å². The first-order valence-electron chi connectivity index (χ1n) is 4.74. The summed E-state index contributed by atoms with van der Waals surface area (Å²) >= 11 is 3.45. The van der Waals surface area contributed by atoms with Crippen molar-refractivity contribution >= 4 is 22.0 Å². The highest BCUT2D eigenvalue weighted by Gasteiger charge is 1.97. The predicted octanol–water partition coefficient (Wildman–Crippen LogP) is 4.52. The lowest BCUT2D eigenvalue weighted by atomic mass is 10.2. The van der Waals surface area contributed by atoms with Crippen molar-refractivity contribution in [1.82, 2.24) is 0 Å². The Kier molecular flexibility index (Phi) is 7.21. The molecular formula is C12H17BrO. The molecule has 0 spiro atoms. The summed E-state index contributed by atoms with van der Waals surface area (Å²) in [4.78, 5) is 0. The molecule has 1 aromatic carbocycles. The second kappa shape index (κ2) is 7.63. The van der Waals surface area contributed by atoms with E-state index in [0.717, 1.165) is 15.8 Å². The summed E-state index contributed by atoms with van der Waals surface area (Å²) < 4.78 is 6.19. The van der Waals surface area contributed by atoms with Crippen LogP contribution in [0.25, 0.3) is 6.08 Å². The average Bonchev–Trinajstić information content (AvgIpc) is 2.24. The molecule has 0 atom stereocenters. The monoisotopic (exact) mass is 256 g/mol. The number of rotatable bonds is 2. The quantitative estimate of drug-likeness (QED) is 0.757. The van der Waals surface area contributed by atoms with Crippen LogP contribution in [0.3, 0.4) is 0 Å². The molecule has 78 valence electrons. The molecule has 1 nitrogen and oxygen atoms in total. The third-order valence-corrected chi connectivity index (χ3v) is 2.27. The second-order valence-electron chi connectivity index (χ2n) is 2.39. The van der Waals surface area contributed by atoms with E-state index in [1.165, 1.54) is 0 Å². The Labute approximate surface area is 94.9 Å². The zero-order chi connectivity index (χ0) is 11.0. The van der Waals surface area contributed by atoms with E-state index in [4.69, 9.17) is 4.74 Å². The molecule has 0 aliphatic heterocycles. The molecule has 0 unspecified atom stereocenters. The molecule has 1 aromatic rings. The first-order valence-corrected chi connectivity index (χ1v) is 5.53. The fraction of sp³-hybridized carbons (Fsp3) is 0.333. The molecule has 0 bridgehead atoms. The van der Waals surface area contributed by atoms with E-state index in [2.05, 4.69) is 15.9 Å². The van der Waals surface area contributed by atoms with Gasteiger partial charge in [-0.05, 0) is 30.7 Å². The molecule has 0 amide bonds. The fourth-order valence-corrected chi connectivity index (χ4v) is 1.33. The predicted molar refractivity (Wildman–Crippen MR) is 66.8 cm³/mol. The molecule has 0 saturated heterocycles. The van der Waals surface area contributed by atoms with Crippen molar-refractivity contribution in [3.8, 4) is 5.75 Å². The largest absolute Gasteiger partial charge is 0.497 e. The lowest BCUT2D eigenvalue weighted by molar-refractivity contribution is 0.414. The second-order valence-corrected chi connectivity index (χ2v) is 3.24. The number of hydrogen-bond donors (Lipinski definition) is 0. The van der Waals surface area contributed by atoms with Crippen molar-refractivity contribution in [3.05, 3.63) is 34.3 Å². The normalized spacial score (nSPS) is 9.50. The summed E-state index contributed by atoms with van der Waals surface area (Å²) in [6, 6.07) is 5.90. The zero-order valence-corrected chi connectivity index (χ0v) is 10.8. The zero-order valence-electron chi connectivity index (χ0n) is 9.17. The Balaban J connectivity index is 0.000000791. The summed E-state index contributed by atoms with van der Waals surface area (Å²) in [5.74, 6) is 0.881. The van der Waals surface area contributed by atoms with E-state index in [-0.39, 0.29) is 0 Å². The summed E-state index contributed by atoms with van der Waals surface area (Å²) in [7, 11) is 1.67. The van der Waals surface area contributed by atoms with E-state index >= 15 is 0 Å². The molecule has 0 heterocycles. The van der Waals surface area contributed by atoms with Gasteiger partial charge >= 0.3 is 0 Å². The molecule has 0 aliphatic carbocycles. The van der Waals surface area contributed by atoms with Gasteiger partial charge in [0.25, 0.3) is 0 Å². The van der Waals surface area contributed by atoms with Gasteiger partial charge in [-0.3, -0.25) is 0 Å². The minimum atomic E-state index is 0.881. The van der Waals surface area contributed by atoms with Gasteiger partial charge < -0.3 is 4.74 Å². The molecule has 0 aromatic heterocycles. The van der Waals surface area contributed by atoms with E-state index < -0.39 is 0 Å².